The Hall–Kier alpha value is -2.38. The summed E-state index contributed by atoms with van der Waals surface area (Å²) >= 11 is 0. The van der Waals surface area contributed by atoms with Crippen LogP contribution in [0.5, 0.6) is 0 Å². The summed E-state index contributed by atoms with van der Waals surface area (Å²) in [6, 6.07) is 0. The first kappa shape index (κ1) is 19.4. The van der Waals surface area contributed by atoms with Crippen molar-refractivity contribution in [1.29, 1.82) is 0 Å². The third-order valence-electron chi connectivity index (χ3n) is 5.66. The van der Waals surface area contributed by atoms with E-state index < -0.39 is 0 Å². The van der Waals surface area contributed by atoms with Crippen molar-refractivity contribution in [1.82, 2.24) is 15.5 Å². The summed E-state index contributed by atoms with van der Waals surface area (Å²) < 4.78 is 4.70. The maximum absolute atomic E-state index is 12.7. The molecule has 1 saturated heterocycles. The number of hydrogen-bond acceptors (Lipinski definition) is 5. The number of esters is 1. The second-order valence-electron chi connectivity index (χ2n) is 7.40. The highest BCUT2D eigenvalue weighted by Gasteiger charge is 2.58. The average molecular weight is 376 g/mol. The molecule has 3 aliphatic rings. The summed E-state index contributed by atoms with van der Waals surface area (Å²) in [7, 11) is 1.35. The molecule has 2 amide bonds. The average Bonchev–Trinajstić information content (AvgIpc) is 3.34. The zero-order chi connectivity index (χ0) is 19.6. The molecular weight excluding hydrogens is 348 g/mol. The molecule has 1 saturated carbocycles. The number of fused-ring (bicyclic) bond motifs is 5. The predicted molar refractivity (Wildman–Crippen MR) is 99.6 cm³/mol. The molecule has 2 aliphatic carbocycles. The fourth-order valence-electron chi connectivity index (χ4n) is 4.32. The number of hydrogen-bond donors (Lipinski definition) is 2. The molecule has 2 bridgehead atoms. The molecule has 0 aromatic carbocycles. The number of aliphatic imine (C=N–C) groups is 1. The van der Waals surface area contributed by atoms with Crippen molar-refractivity contribution in [3.8, 4) is 0 Å². The number of nitrogens with zero attached hydrogens (tertiary/aromatic N) is 2. The second kappa shape index (κ2) is 8.10. The maximum Gasteiger partial charge on any atom is 0.310 e. The third-order valence-corrected chi connectivity index (χ3v) is 5.66. The number of methoxy groups -OCH3 is 1. The van der Waals surface area contributed by atoms with Crippen LogP contribution in [0.4, 0.5) is 0 Å². The number of amides is 2. The lowest BCUT2D eigenvalue weighted by Gasteiger charge is -2.18. The van der Waals surface area contributed by atoms with Gasteiger partial charge in [-0.3, -0.25) is 24.3 Å². The third kappa shape index (κ3) is 3.70. The van der Waals surface area contributed by atoms with Gasteiger partial charge < -0.3 is 15.4 Å². The van der Waals surface area contributed by atoms with Crippen LogP contribution in [0.3, 0.4) is 0 Å². The Kier molecular flexibility index (Phi) is 5.82. The van der Waals surface area contributed by atoms with Crippen LogP contribution in [0.2, 0.25) is 0 Å². The van der Waals surface area contributed by atoms with Crippen molar-refractivity contribution in [3.63, 3.8) is 0 Å². The molecule has 0 aromatic heterocycles. The molecular formula is C19H28N4O4. The predicted octanol–water partition coefficient (Wildman–Crippen LogP) is 0.158. The minimum Gasteiger partial charge on any atom is -0.469 e. The molecule has 0 aromatic rings. The zero-order valence-corrected chi connectivity index (χ0v) is 16.1. The van der Waals surface area contributed by atoms with Gasteiger partial charge in [-0.1, -0.05) is 19.1 Å². The lowest BCUT2D eigenvalue weighted by atomic mass is 9.85. The first-order valence-electron chi connectivity index (χ1n) is 9.61. The standard InChI is InChI=1S/C19H28N4O4/c1-4-20-19(22-10-11(2)18(26)27-3)21-7-8-23-16(24)14-12-5-6-13(9-12)15(14)17(23)25/h5-6,11-15H,4,7-10H2,1-3H3,(H2,20,21,22). The van der Waals surface area contributed by atoms with E-state index in [0.29, 0.717) is 32.1 Å². The summed E-state index contributed by atoms with van der Waals surface area (Å²) in [5, 5.41) is 6.22. The molecule has 5 atom stereocenters. The van der Waals surface area contributed by atoms with Crippen molar-refractivity contribution in [2.45, 2.75) is 20.3 Å². The normalized spacial score (nSPS) is 29.9. The van der Waals surface area contributed by atoms with Gasteiger partial charge in [-0.25, -0.2) is 0 Å². The van der Waals surface area contributed by atoms with E-state index in [1.807, 2.05) is 6.92 Å². The number of likely N-dealkylation sites (tertiary alicyclic amines) is 1. The van der Waals surface area contributed by atoms with E-state index in [0.717, 1.165) is 6.42 Å². The lowest BCUT2D eigenvalue weighted by Crippen LogP contribution is -2.44. The Balaban J connectivity index is 1.52. The second-order valence-corrected chi connectivity index (χ2v) is 7.40. The van der Waals surface area contributed by atoms with E-state index in [2.05, 4.69) is 27.8 Å². The molecule has 0 radical (unpaired) electrons. The molecule has 3 rings (SSSR count). The molecule has 2 fully saturated rings. The van der Waals surface area contributed by atoms with Crippen LogP contribution in [0.1, 0.15) is 20.3 Å². The first-order chi connectivity index (χ1) is 13.0. The molecule has 1 aliphatic heterocycles. The van der Waals surface area contributed by atoms with E-state index in [1.165, 1.54) is 12.0 Å². The highest BCUT2D eigenvalue weighted by atomic mass is 16.5. The van der Waals surface area contributed by atoms with Crippen LogP contribution in [0, 0.1) is 29.6 Å². The van der Waals surface area contributed by atoms with Crippen molar-refractivity contribution in [2.24, 2.45) is 34.6 Å². The molecule has 2 N–H and O–H groups in total. The maximum atomic E-state index is 12.7. The minimum absolute atomic E-state index is 0.0371. The van der Waals surface area contributed by atoms with Crippen LogP contribution < -0.4 is 10.6 Å². The number of nitrogens with one attached hydrogen (secondary N) is 2. The van der Waals surface area contributed by atoms with Gasteiger partial charge in [-0.2, -0.15) is 0 Å². The quantitative estimate of drug-likeness (QED) is 0.216. The molecule has 8 nitrogen and oxygen atoms in total. The van der Waals surface area contributed by atoms with Crippen LogP contribution in [-0.4, -0.2) is 61.9 Å². The largest absolute Gasteiger partial charge is 0.469 e. The van der Waals surface area contributed by atoms with Gasteiger partial charge in [0.05, 0.1) is 31.4 Å². The smallest absolute Gasteiger partial charge is 0.310 e. The highest BCUT2D eigenvalue weighted by Crippen LogP contribution is 2.52. The van der Waals surface area contributed by atoms with E-state index in [9.17, 15) is 14.4 Å². The Morgan fingerprint density at radius 1 is 1.26 bits per heavy atom. The van der Waals surface area contributed by atoms with E-state index in [1.54, 1.807) is 6.92 Å². The molecule has 5 unspecified atom stereocenters. The van der Waals surface area contributed by atoms with Gasteiger partial charge in [-0.15, -0.1) is 0 Å². The monoisotopic (exact) mass is 376 g/mol. The SMILES string of the molecule is CCNC(=NCC(C)C(=O)OC)NCCN1C(=O)C2C3C=CC(C3)C2C1=O. The number of ether oxygens (including phenoxy) is 1. The van der Waals surface area contributed by atoms with Crippen molar-refractivity contribution in [3.05, 3.63) is 12.2 Å². The van der Waals surface area contributed by atoms with Crippen LogP contribution in [-0.2, 0) is 19.1 Å². The van der Waals surface area contributed by atoms with E-state index in [-0.39, 0.29) is 47.4 Å². The van der Waals surface area contributed by atoms with Gasteiger partial charge in [0.15, 0.2) is 5.96 Å². The number of guanidine groups is 1. The van der Waals surface area contributed by atoms with Gasteiger partial charge in [0.25, 0.3) is 0 Å². The number of imide groups is 1. The fourth-order valence-corrected chi connectivity index (χ4v) is 4.32. The topological polar surface area (TPSA) is 100 Å². The Morgan fingerprint density at radius 2 is 1.89 bits per heavy atom. The minimum atomic E-state index is -0.338. The molecule has 148 valence electrons. The van der Waals surface area contributed by atoms with Crippen molar-refractivity contribution >= 4 is 23.7 Å². The number of rotatable bonds is 7. The molecule has 0 spiro atoms. The van der Waals surface area contributed by atoms with Gasteiger partial charge in [0.2, 0.25) is 11.8 Å². The summed E-state index contributed by atoms with van der Waals surface area (Å²) in [5.41, 5.74) is 0. The highest BCUT2D eigenvalue weighted by molar-refractivity contribution is 6.06. The summed E-state index contributed by atoms with van der Waals surface area (Å²) in [6.45, 7) is 5.39. The Bertz CT molecular complexity index is 645. The van der Waals surface area contributed by atoms with E-state index >= 15 is 0 Å². The fraction of sp³-hybridized carbons (Fsp3) is 0.684. The molecule has 1 heterocycles. The van der Waals surface area contributed by atoms with Crippen LogP contribution >= 0.6 is 0 Å². The van der Waals surface area contributed by atoms with Crippen LogP contribution in [0.15, 0.2) is 17.1 Å². The number of carbonyl (C=O) groups is 3. The first-order valence-corrected chi connectivity index (χ1v) is 9.61. The van der Waals surface area contributed by atoms with Crippen molar-refractivity contribution in [2.75, 3.05) is 33.3 Å². The van der Waals surface area contributed by atoms with Gasteiger partial charge >= 0.3 is 5.97 Å². The summed E-state index contributed by atoms with van der Waals surface area (Å²) in [4.78, 5) is 42.6. The molecule has 8 heteroatoms. The van der Waals surface area contributed by atoms with Gasteiger partial charge in [0, 0.05) is 19.6 Å². The Morgan fingerprint density at radius 3 is 2.44 bits per heavy atom. The summed E-state index contributed by atoms with van der Waals surface area (Å²) in [6.07, 6.45) is 5.13. The zero-order valence-electron chi connectivity index (χ0n) is 16.1. The Labute approximate surface area is 159 Å². The van der Waals surface area contributed by atoms with Crippen LogP contribution in [0.25, 0.3) is 0 Å². The lowest BCUT2D eigenvalue weighted by molar-refractivity contribution is -0.144. The van der Waals surface area contributed by atoms with Gasteiger partial charge in [0.1, 0.15) is 0 Å². The molecule has 27 heavy (non-hydrogen) atoms. The summed E-state index contributed by atoms with van der Waals surface area (Å²) in [5.74, 6) is -0.0249. The van der Waals surface area contributed by atoms with E-state index in [4.69, 9.17) is 4.74 Å². The van der Waals surface area contributed by atoms with Crippen molar-refractivity contribution < 1.29 is 19.1 Å². The van der Waals surface area contributed by atoms with Gasteiger partial charge in [-0.05, 0) is 25.2 Å². The number of carbonyl (C=O) groups excluding carboxylic acids is 3. The number of allylic oxidation sites excluding steroid dienone is 2.